The molecule has 3 aromatic rings. The van der Waals surface area contributed by atoms with E-state index in [-0.39, 0.29) is 18.6 Å². The summed E-state index contributed by atoms with van der Waals surface area (Å²) in [5.41, 5.74) is 2.87. The second-order valence-corrected chi connectivity index (χ2v) is 7.23. The number of amides is 1. The van der Waals surface area contributed by atoms with Gasteiger partial charge in [-0.25, -0.2) is 0 Å². The molecular formula is C24H25ClN2O3. The summed E-state index contributed by atoms with van der Waals surface area (Å²) in [6.07, 6.45) is 0. The number of para-hydroxylation sites is 1. The highest BCUT2D eigenvalue weighted by molar-refractivity contribution is 6.32. The van der Waals surface area contributed by atoms with Gasteiger partial charge < -0.3 is 20.1 Å². The highest BCUT2D eigenvalue weighted by Crippen LogP contribution is 2.36. The van der Waals surface area contributed by atoms with Crippen LogP contribution in [0.3, 0.4) is 0 Å². The summed E-state index contributed by atoms with van der Waals surface area (Å²) >= 11 is 6.42. The second-order valence-electron chi connectivity index (χ2n) is 6.83. The van der Waals surface area contributed by atoms with Crippen LogP contribution in [0.1, 0.15) is 24.1 Å². The van der Waals surface area contributed by atoms with Crippen molar-refractivity contribution in [3.8, 4) is 11.5 Å². The van der Waals surface area contributed by atoms with Crippen molar-refractivity contribution in [1.82, 2.24) is 5.32 Å². The lowest BCUT2D eigenvalue weighted by Gasteiger charge is -2.17. The van der Waals surface area contributed by atoms with Gasteiger partial charge >= 0.3 is 0 Å². The van der Waals surface area contributed by atoms with Crippen LogP contribution < -0.4 is 20.1 Å². The first-order valence-corrected chi connectivity index (χ1v) is 10.1. The number of hydrogen-bond donors (Lipinski definition) is 2. The molecule has 0 spiro atoms. The minimum Gasteiger partial charge on any atom is -0.493 e. The standard InChI is InChI=1S/C24H25ClN2O3/c1-17(19-9-5-3-6-10-19)26-15-18-13-21(25)24(22(14-18)29-2)30-16-23(28)27-20-11-7-4-8-12-20/h3-14,17,26H,15-16H2,1-2H3,(H,27,28)/t17-/m0/s1. The molecule has 0 radical (unpaired) electrons. The van der Waals surface area contributed by atoms with Crippen molar-refractivity contribution >= 4 is 23.2 Å². The largest absolute Gasteiger partial charge is 0.493 e. The molecule has 0 aliphatic heterocycles. The number of carbonyl (C=O) groups excluding carboxylic acids is 1. The lowest BCUT2D eigenvalue weighted by Crippen LogP contribution is -2.20. The van der Waals surface area contributed by atoms with Gasteiger partial charge in [-0.15, -0.1) is 0 Å². The number of halogens is 1. The predicted octanol–water partition coefficient (Wildman–Crippen LogP) is 5.22. The first-order valence-electron chi connectivity index (χ1n) is 9.69. The molecule has 6 heteroatoms. The van der Waals surface area contributed by atoms with Crippen LogP contribution in [0.5, 0.6) is 11.5 Å². The van der Waals surface area contributed by atoms with Gasteiger partial charge in [-0.1, -0.05) is 60.1 Å². The van der Waals surface area contributed by atoms with E-state index in [2.05, 4.69) is 29.7 Å². The van der Waals surface area contributed by atoms with E-state index in [4.69, 9.17) is 21.1 Å². The van der Waals surface area contributed by atoms with Gasteiger partial charge in [0, 0.05) is 18.3 Å². The van der Waals surface area contributed by atoms with Crippen LogP contribution in [0.25, 0.3) is 0 Å². The Kier molecular flexibility index (Phi) is 7.71. The first-order chi connectivity index (χ1) is 14.6. The van der Waals surface area contributed by atoms with E-state index in [1.807, 2.05) is 60.7 Å². The van der Waals surface area contributed by atoms with Gasteiger partial charge in [-0.3, -0.25) is 4.79 Å². The number of rotatable bonds is 9. The average molecular weight is 425 g/mol. The Labute approximate surface area is 182 Å². The second kappa shape index (κ2) is 10.7. The third-order valence-electron chi connectivity index (χ3n) is 4.61. The minimum absolute atomic E-state index is 0.173. The van der Waals surface area contributed by atoms with Crippen molar-refractivity contribution in [3.05, 3.63) is 88.9 Å². The van der Waals surface area contributed by atoms with Gasteiger partial charge in [0.1, 0.15) is 0 Å². The molecule has 0 aliphatic carbocycles. The van der Waals surface area contributed by atoms with Gasteiger partial charge in [0.15, 0.2) is 18.1 Å². The summed E-state index contributed by atoms with van der Waals surface area (Å²) in [4.78, 5) is 12.1. The van der Waals surface area contributed by atoms with Crippen molar-refractivity contribution in [2.24, 2.45) is 0 Å². The van der Waals surface area contributed by atoms with Crippen LogP contribution in [-0.4, -0.2) is 19.6 Å². The first kappa shape index (κ1) is 21.7. The molecular weight excluding hydrogens is 400 g/mol. The fourth-order valence-electron chi connectivity index (χ4n) is 3.00. The lowest BCUT2D eigenvalue weighted by molar-refractivity contribution is -0.118. The topological polar surface area (TPSA) is 59.6 Å². The van der Waals surface area contributed by atoms with Crippen LogP contribution in [-0.2, 0) is 11.3 Å². The van der Waals surface area contributed by atoms with E-state index in [1.54, 1.807) is 7.11 Å². The number of benzene rings is 3. The van der Waals surface area contributed by atoms with Crippen LogP contribution in [0.15, 0.2) is 72.8 Å². The molecule has 3 rings (SSSR count). The Morgan fingerprint density at radius 1 is 1.03 bits per heavy atom. The summed E-state index contributed by atoms with van der Waals surface area (Å²) in [7, 11) is 1.55. The van der Waals surface area contributed by atoms with E-state index in [0.717, 1.165) is 5.56 Å². The summed E-state index contributed by atoms with van der Waals surface area (Å²) in [6, 6.07) is 23.3. The number of anilines is 1. The molecule has 0 fully saturated rings. The van der Waals surface area contributed by atoms with E-state index in [0.29, 0.717) is 28.8 Å². The molecule has 0 heterocycles. The van der Waals surface area contributed by atoms with E-state index in [1.165, 1.54) is 5.56 Å². The number of nitrogens with one attached hydrogen (secondary N) is 2. The maximum atomic E-state index is 12.1. The molecule has 0 saturated heterocycles. The van der Waals surface area contributed by atoms with Crippen molar-refractivity contribution in [2.45, 2.75) is 19.5 Å². The van der Waals surface area contributed by atoms with E-state index < -0.39 is 0 Å². The Morgan fingerprint density at radius 2 is 1.70 bits per heavy atom. The normalized spacial score (nSPS) is 11.6. The van der Waals surface area contributed by atoms with Crippen molar-refractivity contribution in [3.63, 3.8) is 0 Å². The summed E-state index contributed by atoms with van der Waals surface area (Å²) < 4.78 is 11.1. The Hall–Kier alpha value is -3.02. The Bertz CT molecular complexity index is 965. The molecule has 0 unspecified atom stereocenters. The zero-order valence-corrected chi connectivity index (χ0v) is 17.8. The fraction of sp³-hybridized carbons (Fsp3) is 0.208. The van der Waals surface area contributed by atoms with Crippen LogP contribution in [0, 0.1) is 0 Å². The summed E-state index contributed by atoms with van der Waals surface area (Å²) in [5.74, 6) is 0.558. The molecule has 0 saturated carbocycles. The predicted molar refractivity (Wildman–Crippen MR) is 120 cm³/mol. The van der Waals surface area contributed by atoms with Crippen molar-refractivity contribution < 1.29 is 14.3 Å². The molecule has 2 N–H and O–H groups in total. The van der Waals surface area contributed by atoms with Gasteiger partial charge in [-0.2, -0.15) is 0 Å². The quantitative estimate of drug-likeness (QED) is 0.494. The molecule has 5 nitrogen and oxygen atoms in total. The maximum Gasteiger partial charge on any atom is 0.262 e. The third kappa shape index (κ3) is 5.99. The van der Waals surface area contributed by atoms with E-state index in [9.17, 15) is 4.79 Å². The number of hydrogen-bond acceptors (Lipinski definition) is 4. The highest BCUT2D eigenvalue weighted by Gasteiger charge is 2.15. The number of carbonyl (C=O) groups is 1. The van der Waals surface area contributed by atoms with Gasteiger partial charge in [0.2, 0.25) is 0 Å². The molecule has 0 bridgehead atoms. The van der Waals surface area contributed by atoms with Crippen LogP contribution in [0.4, 0.5) is 5.69 Å². The molecule has 3 aromatic carbocycles. The highest BCUT2D eigenvalue weighted by atomic mass is 35.5. The molecule has 156 valence electrons. The third-order valence-corrected chi connectivity index (χ3v) is 4.89. The zero-order chi connectivity index (χ0) is 21.3. The number of methoxy groups -OCH3 is 1. The minimum atomic E-state index is -0.276. The van der Waals surface area contributed by atoms with Crippen molar-refractivity contribution in [1.29, 1.82) is 0 Å². The fourth-order valence-corrected chi connectivity index (χ4v) is 3.29. The molecule has 0 aliphatic rings. The number of ether oxygens (including phenoxy) is 2. The van der Waals surface area contributed by atoms with Gasteiger partial charge in [0.05, 0.1) is 12.1 Å². The van der Waals surface area contributed by atoms with Gasteiger partial charge in [0.25, 0.3) is 5.91 Å². The maximum absolute atomic E-state index is 12.1. The molecule has 30 heavy (non-hydrogen) atoms. The summed E-state index contributed by atoms with van der Waals surface area (Å²) in [6.45, 7) is 2.55. The van der Waals surface area contributed by atoms with Crippen LogP contribution >= 0.6 is 11.6 Å². The van der Waals surface area contributed by atoms with Crippen LogP contribution in [0.2, 0.25) is 5.02 Å². The van der Waals surface area contributed by atoms with E-state index >= 15 is 0 Å². The average Bonchev–Trinajstić information content (AvgIpc) is 2.77. The molecule has 0 aromatic heterocycles. The Balaban J connectivity index is 1.61. The van der Waals surface area contributed by atoms with Gasteiger partial charge in [-0.05, 0) is 42.3 Å². The smallest absolute Gasteiger partial charge is 0.262 e. The SMILES string of the molecule is COc1cc(CN[C@@H](C)c2ccccc2)cc(Cl)c1OCC(=O)Nc1ccccc1. The zero-order valence-electron chi connectivity index (χ0n) is 17.0. The van der Waals surface area contributed by atoms with Crippen molar-refractivity contribution in [2.75, 3.05) is 19.0 Å². The molecule has 1 amide bonds. The lowest BCUT2D eigenvalue weighted by atomic mass is 10.1. The Morgan fingerprint density at radius 3 is 2.37 bits per heavy atom. The monoisotopic (exact) mass is 424 g/mol. The summed E-state index contributed by atoms with van der Waals surface area (Å²) in [5, 5.41) is 6.64. The molecule has 1 atom stereocenters.